The summed E-state index contributed by atoms with van der Waals surface area (Å²) < 4.78 is 25.5. The van der Waals surface area contributed by atoms with Gasteiger partial charge in [0.05, 0.1) is 0 Å². The lowest BCUT2D eigenvalue weighted by Gasteiger charge is -2.25. The molecule has 1 fully saturated rings. The van der Waals surface area contributed by atoms with Gasteiger partial charge in [-0.1, -0.05) is 13.5 Å². The van der Waals surface area contributed by atoms with Crippen LogP contribution >= 0.6 is 0 Å². The number of alkyl halides is 1. The summed E-state index contributed by atoms with van der Waals surface area (Å²) in [4.78, 5) is 4.61. The molecule has 0 radical (unpaired) electrons. The van der Waals surface area contributed by atoms with Gasteiger partial charge in [0.15, 0.2) is 0 Å². The maximum Gasteiger partial charge on any atom is 0.141 e. The monoisotopic (exact) mass is 279 g/mol. The van der Waals surface area contributed by atoms with Crippen LogP contribution in [0, 0.1) is 17.8 Å². The van der Waals surface area contributed by atoms with E-state index in [2.05, 4.69) is 25.4 Å². The zero-order valence-corrected chi connectivity index (χ0v) is 12.5. The van der Waals surface area contributed by atoms with E-state index < -0.39 is 12.5 Å². The molecule has 2 aliphatic rings. The lowest BCUT2D eigenvalue weighted by molar-refractivity contribution is 0.372. The molecule has 0 aromatic carbocycles. The lowest BCUT2D eigenvalue weighted by atomic mass is 9.78. The molecule has 0 saturated heterocycles. The highest BCUT2D eigenvalue weighted by molar-refractivity contribution is 5.84. The average Bonchev–Trinajstić information content (AvgIpc) is 3.19. The number of hydrogen-bond donors (Lipinski definition) is 0. The van der Waals surface area contributed by atoms with Crippen LogP contribution in [0.5, 0.6) is 0 Å². The van der Waals surface area contributed by atoms with Gasteiger partial charge in [-0.15, -0.1) is 0 Å². The summed E-state index contributed by atoms with van der Waals surface area (Å²) in [6.07, 6.45) is 4.76. The van der Waals surface area contributed by atoms with E-state index in [1.165, 1.54) is 18.9 Å². The van der Waals surface area contributed by atoms with E-state index in [-0.39, 0.29) is 0 Å². The van der Waals surface area contributed by atoms with Crippen LogP contribution in [-0.2, 0) is 0 Å². The van der Waals surface area contributed by atoms with Crippen molar-refractivity contribution in [2.75, 3.05) is 6.67 Å². The quantitative estimate of drug-likeness (QED) is 0.630. The van der Waals surface area contributed by atoms with Gasteiger partial charge in [-0.2, -0.15) is 0 Å². The molecule has 0 spiro atoms. The van der Waals surface area contributed by atoms with Crippen LogP contribution in [0.3, 0.4) is 0 Å². The second-order valence-corrected chi connectivity index (χ2v) is 6.09. The van der Waals surface area contributed by atoms with Crippen LogP contribution in [0.4, 0.5) is 8.78 Å². The van der Waals surface area contributed by atoms with E-state index in [0.29, 0.717) is 17.4 Å². The van der Waals surface area contributed by atoms with Crippen molar-refractivity contribution in [2.24, 2.45) is 22.7 Å². The molecule has 1 aliphatic carbocycles. The third kappa shape index (κ3) is 3.25. The van der Waals surface area contributed by atoms with Gasteiger partial charge in [-0.05, 0) is 68.1 Å². The molecular formula is C17H23F2N. The van der Waals surface area contributed by atoms with Crippen LogP contribution in [0.1, 0.15) is 40.0 Å². The van der Waals surface area contributed by atoms with Gasteiger partial charge in [0.25, 0.3) is 0 Å². The number of hydrogen-bond acceptors (Lipinski definition) is 1. The zero-order chi connectivity index (χ0) is 14.9. The van der Waals surface area contributed by atoms with Crippen molar-refractivity contribution in [1.29, 1.82) is 0 Å². The highest BCUT2D eigenvalue weighted by Gasteiger charge is 2.38. The fourth-order valence-corrected chi connectivity index (χ4v) is 3.38. The molecule has 0 N–H and O–H groups in total. The summed E-state index contributed by atoms with van der Waals surface area (Å²) in [5, 5.41) is 0. The van der Waals surface area contributed by atoms with Gasteiger partial charge >= 0.3 is 0 Å². The number of nitrogens with zero attached hydrogens (tertiary/aromatic N) is 1. The Hall–Kier alpha value is -1.25. The molecule has 3 heteroatoms. The molecule has 1 nitrogen and oxygen atoms in total. The van der Waals surface area contributed by atoms with Crippen LogP contribution in [0.2, 0.25) is 0 Å². The van der Waals surface area contributed by atoms with E-state index in [1.807, 2.05) is 6.92 Å². The summed E-state index contributed by atoms with van der Waals surface area (Å²) in [6, 6.07) is 0. The average molecular weight is 279 g/mol. The fraction of sp³-hybridized carbons (Fsp3) is 0.588. The summed E-state index contributed by atoms with van der Waals surface area (Å²) >= 11 is 0. The van der Waals surface area contributed by atoms with Crippen molar-refractivity contribution in [2.45, 2.75) is 40.0 Å². The smallest absolute Gasteiger partial charge is 0.141 e. The summed E-state index contributed by atoms with van der Waals surface area (Å²) in [7, 11) is 0. The Bertz CT molecular complexity index is 495. The second-order valence-electron chi connectivity index (χ2n) is 6.09. The van der Waals surface area contributed by atoms with Crippen LogP contribution in [0.25, 0.3) is 0 Å². The molecule has 2 atom stereocenters. The molecule has 1 aliphatic heterocycles. The zero-order valence-electron chi connectivity index (χ0n) is 12.5. The molecule has 2 rings (SSSR count). The Morgan fingerprint density at radius 1 is 1.40 bits per heavy atom. The number of halogens is 2. The summed E-state index contributed by atoms with van der Waals surface area (Å²) in [5.74, 6) is 0.818. The highest BCUT2D eigenvalue weighted by atomic mass is 19.2. The van der Waals surface area contributed by atoms with Gasteiger partial charge in [0.1, 0.15) is 12.5 Å². The molecule has 0 aromatic heterocycles. The standard InChI is InChI=1S/C17H23F2N/c1-10(7-15(19)9-18)17-12(3)16(14-5-6-14)8-11(2)20-13(17)4/h7,12,14,16H,1,5-6,8-9H2,2-4H3/b15-7-/t12?,16-/m1/s1. The third-order valence-electron chi connectivity index (χ3n) is 4.41. The lowest BCUT2D eigenvalue weighted by Crippen LogP contribution is -2.18. The SMILES string of the molecule is C=C(/C=C(\F)CF)C1=C(C)N=C(C)C[C@@H](C2CC2)C1C. The molecule has 1 saturated carbocycles. The van der Waals surface area contributed by atoms with Crippen molar-refractivity contribution >= 4 is 5.71 Å². The maximum absolute atomic E-state index is 13.2. The van der Waals surface area contributed by atoms with Crippen molar-refractivity contribution in [1.82, 2.24) is 0 Å². The predicted octanol–water partition coefficient (Wildman–Crippen LogP) is 5.17. The number of aliphatic imine (C=N–C) groups is 1. The van der Waals surface area contributed by atoms with Gasteiger partial charge in [0, 0.05) is 11.4 Å². The predicted molar refractivity (Wildman–Crippen MR) is 80.1 cm³/mol. The van der Waals surface area contributed by atoms with Crippen LogP contribution in [-0.4, -0.2) is 12.4 Å². The molecule has 110 valence electrons. The van der Waals surface area contributed by atoms with Crippen molar-refractivity contribution in [3.8, 4) is 0 Å². The summed E-state index contributed by atoms with van der Waals surface area (Å²) in [5.41, 5.74) is 3.58. The first-order chi connectivity index (χ1) is 9.43. The van der Waals surface area contributed by atoms with E-state index in [1.54, 1.807) is 0 Å². The normalized spacial score (nSPS) is 28.2. The third-order valence-corrected chi connectivity index (χ3v) is 4.41. The largest absolute Gasteiger partial charge is 0.263 e. The minimum absolute atomic E-state index is 0.292. The maximum atomic E-state index is 13.2. The molecule has 0 aromatic rings. The van der Waals surface area contributed by atoms with Crippen molar-refractivity contribution in [3.05, 3.63) is 35.3 Å². The minimum atomic E-state index is -1.08. The molecule has 20 heavy (non-hydrogen) atoms. The topological polar surface area (TPSA) is 12.4 Å². The van der Waals surface area contributed by atoms with E-state index in [9.17, 15) is 8.78 Å². The summed E-state index contributed by atoms with van der Waals surface area (Å²) in [6.45, 7) is 9.02. The number of allylic oxidation sites excluding steroid dienone is 5. The Balaban J connectivity index is 2.35. The molecule has 0 amide bonds. The van der Waals surface area contributed by atoms with Crippen LogP contribution in [0.15, 0.2) is 40.3 Å². The first kappa shape index (κ1) is 15.1. The Labute approximate surface area is 120 Å². The Morgan fingerprint density at radius 2 is 2.05 bits per heavy atom. The minimum Gasteiger partial charge on any atom is -0.263 e. The van der Waals surface area contributed by atoms with E-state index in [4.69, 9.17) is 0 Å². The Kier molecular flexibility index (Phi) is 4.56. The van der Waals surface area contributed by atoms with Gasteiger partial charge in [0.2, 0.25) is 0 Å². The van der Waals surface area contributed by atoms with E-state index >= 15 is 0 Å². The van der Waals surface area contributed by atoms with E-state index in [0.717, 1.165) is 29.3 Å². The van der Waals surface area contributed by atoms with Gasteiger partial charge < -0.3 is 0 Å². The first-order valence-corrected chi connectivity index (χ1v) is 7.30. The second kappa shape index (κ2) is 6.02. The van der Waals surface area contributed by atoms with Crippen molar-refractivity contribution < 1.29 is 8.78 Å². The van der Waals surface area contributed by atoms with Crippen molar-refractivity contribution in [3.63, 3.8) is 0 Å². The molecular weight excluding hydrogens is 256 g/mol. The molecule has 0 bridgehead atoms. The number of rotatable bonds is 4. The molecule has 1 unspecified atom stereocenters. The molecule has 1 heterocycles. The fourth-order valence-electron chi connectivity index (χ4n) is 3.38. The van der Waals surface area contributed by atoms with Crippen LogP contribution < -0.4 is 0 Å². The Morgan fingerprint density at radius 3 is 2.60 bits per heavy atom. The van der Waals surface area contributed by atoms with Gasteiger partial charge in [-0.3, -0.25) is 4.99 Å². The highest BCUT2D eigenvalue weighted by Crippen LogP contribution is 2.47. The van der Waals surface area contributed by atoms with Gasteiger partial charge in [-0.25, -0.2) is 8.78 Å². The first-order valence-electron chi connectivity index (χ1n) is 7.30.